The molecule has 1 aliphatic carbocycles. The van der Waals surface area contributed by atoms with Crippen LogP contribution in [0.2, 0.25) is 0 Å². The van der Waals surface area contributed by atoms with Crippen LogP contribution in [-0.2, 0) is 4.79 Å². The Hall–Kier alpha value is -1.85. The summed E-state index contributed by atoms with van der Waals surface area (Å²) in [6, 6.07) is 0.316. The molecule has 2 aliphatic rings. The first-order valence-electron chi connectivity index (χ1n) is 8.68. The summed E-state index contributed by atoms with van der Waals surface area (Å²) in [5, 5.41) is 3.40. The molecular weight excluding hydrogens is 292 g/mol. The lowest BCUT2D eigenvalue weighted by Gasteiger charge is -2.35. The molecule has 0 spiro atoms. The predicted molar refractivity (Wildman–Crippen MR) is 88.4 cm³/mol. The number of methoxy groups -OCH3 is 1. The minimum atomic E-state index is 0.272. The molecule has 1 amide bonds. The Balaban J connectivity index is 1.51. The maximum Gasteiger partial charge on any atom is 0.257 e. The van der Waals surface area contributed by atoms with Gasteiger partial charge in [-0.15, -0.1) is 0 Å². The summed E-state index contributed by atoms with van der Waals surface area (Å²) < 4.78 is 5.22. The van der Waals surface area contributed by atoms with E-state index in [-0.39, 0.29) is 5.92 Å². The van der Waals surface area contributed by atoms with Crippen LogP contribution >= 0.6 is 0 Å². The number of piperidine rings is 1. The van der Waals surface area contributed by atoms with Crippen LogP contribution in [-0.4, -0.2) is 47.0 Å². The van der Waals surface area contributed by atoms with E-state index in [2.05, 4.69) is 20.2 Å². The van der Waals surface area contributed by atoms with E-state index in [0.29, 0.717) is 23.6 Å². The second-order valence-corrected chi connectivity index (χ2v) is 6.49. The third-order valence-electron chi connectivity index (χ3n) is 4.96. The average molecular weight is 318 g/mol. The molecule has 1 N–H and O–H groups in total. The van der Waals surface area contributed by atoms with Gasteiger partial charge in [0.1, 0.15) is 0 Å². The van der Waals surface area contributed by atoms with E-state index in [1.54, 1.807) is 19.5 Å². The summed E-state index contributed by atoms with van der Waals surface area (Å²) in [5.41, 5.74) is 0. The lowest BCUT2D eigenvalue weighted by molar-refractivity contribution is -0.137. The number of aromatic nitrogens is 2. The molecule has 0 aromatic carbocycles. The van der Waals surface area contributed by atoms with E-state index in [1.165, 1.54) is 19.3 Å². The van der Waals surface area contributed by atoms with Crippen molar-refractivity contribution in [3.63, 3.8) is 0 Å². The summed E-state index contributed by atoms with van der Waals surface area (Å²) in [6.45, 7) is 1.66. The van der Waals surface area contributed by atoms with Crippen molar-refractivity contribution in [2.24, 2.45) is 5.92 Å². The van der Waals surface area contributed by atoms with Gasteiger partial charge in [0.05, 0.1) is 7.11 Å². The zero-order valence-corrected chi connectivity index (χ0v) is 13.8. The lowest BCUT2D eigenvalue weighted by Crippen LogP contribution is -2.45. The Morgan fingerprint density at radius 3 is 2.52 bits per heavy atom. The smallest absolute Gasteiger partial charge is 0.257 e. The Labute approximate surface area is 137 Å². The second-order valence-electron chi connectivity index (χ2n) is 6.49. The van der Waals surface area contributed by atoms with Crippen molar-refractivity contribution in [3.05, 3.63) is 12.4 Å². The highest BCUT2D eigenvalue weighted by Gasteiger charge is 2.29. The standard InChI is InChI=1S/C17H26N4O2/c1-23-16-15(18-9-10-19-16)20-14-7-11-21(12-8-14)17(22)13-5-3-2-4-6-13/h9-10,13-14H,2-8,11-12H2,1H3,(H,18,20). The van der Waals surface area contributed by atoms with Crippen LogP contribution in [0.5, 0.6) is 5.88 Å². The molecule has 6 heteroatoms. The molecule has 1 saturated heterocycles. The number of carbonyl (C=O) groups is 1. The fraction of sp³-hybridized carbons (Fsp3) is 0.706. The number of likely N-dealkylation sites (tertiary alicyclic amines) is 1. The van der Waals surface area contributed by atoms with Crippen molar-refractivity contribution >= 4 is 11.7 Å². The SMILES string of the molecule is COc1nccnc1NC1CCN(C(=O)C2CCCCC2)CC1. The number of hydrogen-bond acceptors (Lipinski definition) is 5. The van der Waals surface area contributed by atoms with Crippen LogP contribution < -0.4 is 10.1 Å². The number of rotatable bonds is 4. The fourth-order valence-corrected chi connectivity index (χ4v) is 3.62. The van der Waals surface area contributed by atoms with Crippen molar-refractivity contribution in [1.29, 1.82) is 0 Å². The van der Waals surface area contributed by atoms with Gasteiger partial charge in [-0.2, -0.15) is 0 Å². The van der Waals surface area contributed by atoms with Crippen LogP contribution in [0.3, 0.4) is 0 Å². The number of anilines is 1. The van der Waals surface area contributed by atoms with Crippen molar-refractivity contribution in [2.45, 2.75) is 51.0 Å². The van der Waals surface area contributed by atoms with Gasteiger partial charge in [-0.3, -0.25) is 4.79 Å². The number of amides is 1. The Morgan fingerprint density at radius 2 is 1.83 bits per heavy atom. The molecule has 2 heterocycles. The van der Waals surface area contributed by atoms with Crippen molar-refractivity contribution in [3.8, 4) is 5.88 Å². The highest BCUT2D eigenvalue weighted by molar-refractivity contribution is 5.79. The summed E-state index contributed by atoms with van der Waals surface area (Å²) in [4.78, 5) is 23.1. The van der Waals surface area contributed by atoms with E-state index in [9.17, 15) is 4.79 Å². The van der Waals surface area contributed by atoms with Crippen LogP contribution in [0.25, 0.3) is 0 Å². The molecule has 3 rings (SSSR count). The third-order valence-corrected chi connectivity index (χ3v) is 4.96. The third kappa shape index (κ3) is 3.92. The molecule has 1 aromatic rings. The molecule has 0 unspecified atom stereocenters. The van der Waals surface area contributed by atoms with E-state index in [1.807, 2.05) is 0 Å². The lowest BCUT2D eigenvalue weighted by atomic mass is 9.87. The Morgan fingerprint density at radius 1 is 1.13 bits per heavy atom. The molecule has 6 nitrogen and oxygen atoms in total. The molecule has 0 bridgehead atoms. The largest absolute Gasteiger partial charge is 0.478 e. The maximum absolute atomic E-state index is 12.6. The van der Waals surface area contributed by atoms with Crippen LogP contribution in [0.4, 0.5) is 5.82 Å². The van der Waals surface area contributed by atoms with Crippen LogP contribution in [0, 0.1) is 5.92 Å². The van der Waals surface area contributed by atoms with Gasteiger partial charge >= 0.3 is 0 Å². The average Bonchev–Trinajstić information content (AvgIpc) is 2.63. The van der Waals surface area contributed by atoms with E-state index in [4.69, 9.17) is 4.74 Å². The monoisotopic (exact) mass is 318 g/mol. The first kappa shape index (κ1) is 16.0. The number of hydrogen-bond donors (Lipinski definition) is 1. The predicted octanol–water partition coefficient (Wildman–Crippen LogP) is 2.47. The fourth-order valence-electron chi connectivity index (χ4n) is 3.62. The molecule has 126 valence electrons. The minimum Gasteiger partial charge on any atom is -0.478 e. The molecule has 1 aliphatic heterocycles. The van der Waals surface area contributed by atoms with Crippen molar-refractivity contribution in [1.82, 2.24) is 14.9 Å². The van der Waals surface area contributed by atoms with E-state index >= 15 is 0 Å². The second kappa shape index (κ2) is 7.62. The van der Waals surface area contributed by atoms with Gasteiger partial charge in [0.25, 0.3) is 5.88 Å². The summed E-state index contributed by atoms with van der Waals surface area (Å²) >= 11 is 0. The topological polar surface area (TPSA) is 67.4 Å². The molecule has 2 fully saturated rings. The summed E-state index contributed by atoms with van der Waals surface area (Å²) in [6.07, 6.45) is 11.0. The van der Waals surface area contributed by atoms with Gasteiger partial charge in [-0.25, -0.2) is 9.97 Å². The first-order valence-corrected chi connectivity index (χ1v) is 8.68. The highest BCUT2D eigenvalue weighted by Crippen LogP contribution is 2.27. The summed E-state index contributed by atoms with van der Waals surface area (Å²) in [7, 11) is 1.60. The molecule has 0 radical (unpaired) electrons. The maximum atomic E-state index is 12.6. The number of carbonyl (C=O) groups excluding carboxylic acids is 1. The highest BCUT2D eigenvalue weighted by atomic mass is 16.5. The summed E-state index contributed by atoms with van der Waals surface area (Å²) in [5.74, 6) is 1.86. The number of nitrogens with zero attached hydrogens (tertiary/aromatic N) is 3. The van der Waals surface area contributed by atoms with Crippen LogP contribution in [0.1, 0.15) is 44.9 Å². The van der Waals surface area contributed by atoms with Gasteiger partial charge in [-0.1, -0.05) is 19.3 Å². The quantitative estimate of drug-likeness (QED) is 0.923. The zero-order chi connectivity index (χ0) is 16.1. The van der Waals surface area contributed by atoms with E-state index < -0.39 is 0 Å². The van der Waals surface area contributed by atoms with Crippen LogP contribution in [0.15, 0.2) is 12.4 Å². The van der Waals surface area contributed by atoms with Gasteiger partial charge in [0, 0.05) is 37.4 Å². The van der Waals surface area contributed by atoms with Gasteiger partial charge in [-0.05, 0) is 25.7 Å². The molecule has 0 atom stereocenters. The number of ether oxygens (including phenoxy) is 1. The molecular formula is C17H26N4O2. The Kier molecular flexibility index (Phi) is 5.31. The van der Waals surface area contributed by atoms with Gasteiger partial charge in [0.15, 0.2) is 5.82 Å². The van der Waals surface area contributed by atoms with Crippen molar-refractivity contribution < 1.29 is 9.53 Å². The van der Waals surface area contributed by atoms with Gasteiger partial charge < -0.3 is 15.0 Å². The normalized spacial score (nSPS) is 20.3. The minimum absolute atomic E-state index is 0.272. The zero-order valence-electron chi connectivity index (χ0n) is 13.8. The number of nitrogens with one attached hydrogen (secondary N) is 1. The first-order chi connectivity index (χ1) is 11.3. The van der Waals surface area contributed by atoms with Gasteiger partial charge in [0.2, 0.25) is 5.91 Å². The molecule has 23 heavy (non-hydrogen) atoms. The molecule has 1 aromatic heterocycles. The van der Waals surface area contributed by atoms with Crippen molar-refractivity contribution in [2.75, 3.05) is 25.5 Å². The molecule has 1 saturated carbocycles. The Bertz CT molecular complexity index is 523. The van der Waals surface area contributed by atoms with E-state index in [0.717, 1.165) is 38.8 Å².